The van der Waals surface area contributed by atoms with Crippen molar-refractivity contribution in [1.82, 2.24) is 19.7 Å². The second-order valence-corrected chi connectivity index (χ2v) is 5.13. The molecular formula is C11H15N5OS. The molecule has 2 aromatic heterocycles. The fraction of sp³-hybridized carbons (Fsp3) is 0.455. The van der Waals surface area contributed by atoms with E-state index >= 15 is 0 Å². The van der Waals surface area contributed by atoms with E-state index in [0.29, 0.717) is 11.0 Å². The van der Waals surface area contributed by atoms with E-state index in [1.165, 1.54) is 28.7 Å². The Kier molecular flexibility index (Phi) is 3.71. The van der Waals surface area contributed by atoms with E-state index in [9.17, 15) is 4.79 Å². The Morgan fingerprint density at radius 3 is 2.78 bits per heavy atom. The maximum atomic E-state index is 12.0. The van der Waals surface area contributed by atoms with Gasteiger partial charge in [0.1, 0.15) is 18.7 Å². The molecule has 18 heavy (non-hydrogen) atoms. The predicted octanol–water partition coefficient (Wildman–Crippen LogP) is 2.06. The lowest BCUT2D eigenvalue weighted by molar-refractivity contribution is -0.119. The quantitative estimate of drug-likeness (QED) is 0.918. The van der Waals surface area contributed by atoms with Crippen molar-refractivity contribution in [3.05, 3.63) is 23.7 Å². The van der Waals surface area contributed by atoms with E-state index in [2.05, 4.69) is 34.2 Å². The van der Waals surface area contributed by atoms with E-state index in [1.54, 1.807) is 6.92 Å². The lowest BCUT2D eigenvalue weighted by Crippen LogP contribution is -2.24. The molecule has 2 aromatic rings. The lowest BCUT2D eigenvalue weighted by Gasteiger charge is -2.10. The highest BCUT2D eigenvalue weighted by Gasteiger charge is 2.17. The Balaban J connectivity index is 2.02. The minimum Gasteiger partial charge on any atom is -0.300 e. The van der Waals surface area contributed by atoms with Crippen LogP contribution in [0, 0.1) is 0 Å². The molecule has 0 fully saturated rings. The number of rotatable bonds is 4. The molecule has 0 saturated heterocycles. The van der Waals surface area contributed by atoms with Gasteiger partial charge in [-0.2, -0.15) is 5.10 Å². The number of hydrogen-bond donors (Lipinski definition) is 1. The average Bonchev–Trinajstić information content (AvgIpc) is 2.98. The predicted molar refractivity (Wildman–Crippen MR) is 69.6 cm³/mol. The summed E-state index contributed by atoms with van der Waals surface area (Å²) in [5.41, 5.74) is 0.990. The summed E-state index contributed by atoms with van der Waals surface area (Å²) in [5.74, 6) is 0.213. The van der Waals surface area contributed by atoms with Gasteiger partial charge < -0.3 is 5.32 Å². The van der Waals surface area contributed by atoms with Gasteiger partial charge in [0.15, 0.2) is 5.13 Å². The molecule has 0 bridgehead atoms. The van der Waals surface area contributed by atoms with Crippen LogP contribution in [0.4, 0.5) is 5.13 Å². The molecule has 0 unspecified atom stereocenters. The maximum absolute atomic E-state index is 12.0. The van der Waals surface area contributed by atoms with Gasteiger partial charge in [-0.05, 0) is 12.8 Å². The van der Waals surface area contributed by atoms with Gasteiger partial charge in [0.05, 0.1) is 5.69 Å². The Bertz CT molecular complexity index is 519. The van der Waals surface area contributed by atoms with Crippen molar-refractivity contribution in [1.29, 1.82) is 0 Å². The molecule has 0 aliphatic rings. The first-order chi connectivity index (χ1) is 8.58. The van der Waals surface area contributed by atoms with Gasteiger partial charge in [-0.3, -0.25) is 4.79 Å². The molecule has 96 valence electrons. The van der Waals surface area contributed by atoms with E-state index in [0.717, 1.165) is 5.69 Å². The molecule has 6 nitrogen and oxygen atoms in total. The van der Waals surface area contributed by atoms with Crippen LogP contribution >= 0.6 is 11.3 Å². The second kappa shape index (κ2) is 5.26. The van der Waals surface area contributed by atoms with Gasteiger partial charge in [0.2, 0.25) is 0 Å². The molecule has 0 spiro atoms. The number of nitrogens with one attached hydrogen (secondary N) is 1. The second-order valence-electron chi connectivity index (χ2n) is 4.27. The van der Waals surface area contributed by atoms with Crippen molar-refractivity contribution in [3.8, 4) is 0 Å². The maximum Gasteiger partial charge on any atom is 0.250 e. The summed E-state index contributed by atoms with van der Waals surface area (Å²) >= 11 is 1.43. The Labute approximate surface area is 109 Å². The fourth-order valence-electron chi connectivity index (χ4n) is 1.36. The first-order valence-corrected chi connectivity index (χ1v) is 6.56. The first kappa shape index (κ1) is 12.7. The molecule has 0 saturated carbocycles. The zero-order chi connectivity index (χ0) is 13.1. The minimum atomic E-state index is -0.404. The highest BCUT2D eigenvalue weighted by molar-refractivity contribution is 7.13. The SMILES string of the molecule is CC(C)c1csc(NC(=O)[C@H](C)n2cncn2)n1. The van der Waals surface area contributed by atoms with Crippen LogP contribution in [-0.4, -0.2) is 25.7 Å². The average molecular weight is 265 g/mol. The molecule has 1 amide bonds. The van der Waals surface area contributed by atoms with Gasteiger partial charge in [0, 0.05) is 5.38 Å². The highest BCUT2D eigenvalue weighted by atomic mass is 32.1. The molecule has 0 aromatic carbocycles. The lowest BCUT2D eigenvalue weighted by atomic mass is 10.2. The van der Waals surface area contributed by atoms with Crippen LogP contribution in [0.25, 0.3) is 0 Å². The van der Waals surface area contributed by atoms with Crippen LogP contribution < -0.4 is 5.32 Å². The highest BCUT2D eigenvalue weighted by Crippen LogP contribution is 2.22. The molecule has 0 aliphatic carbocycles. The minimum absolute atomic E-state index is 0.148. The summed E-state index contributed by atoms with van der Waals surface area (Å²) in [6.45, 7) is 5.90. The molecule has 1 atom stereocenters. The molecule has 0 aliphatic heterocycles. The normalized spacial score (nSPS) is 12.7. The summed E-state index contributed by atoms with van der Waals surface area (Å²) in [6, 6.07) is -0.404. The number of carbonyl (C=O) groups excluding carboxylic acids is 1. The molecular weight excluding hydrogens is 250 g/mol. The number of hydrogen-bond acceptors (Lipinski definition) is 5. The van der Waals surface area contributed by atoms with Crippen molar-refractivity contribution in [2.24, 2.45) is 0 Å². The van der Waals surface area contributed by atoms with Crippen molar-refractivity contribution in [2.45, 2.75) is 32.7 Å². The summed E-state index contributed by atoms with van der Waals surface area (Å²) < 4.78 is 1.51. The van der Waals surface area contributed by atoms with Crippen LogP contribution in [-0.2, 0) is 4.79 Å². The summed E-state index contributed by atoms with van der Waals surface area (Å²) in [7, 11) is 0. The van der Waals surface area contributed by atoms with Gasteiger partial charge >= 0.3 is 0 Å². The van der Waals surface area contributed by atoms with Crippen LogP contribution in [0.5, 0.6) is 0 Å². The van der Waals surface area contributed by atoms with Gasteiger partial charge in [-0.25, -0.2) is 14.6 Å². The van der Waals surface area contributed by atoms with E-state index in [1.807, 2.05) is 5.38 Å². The van der Waals surface area contributed by atoms with Gasteiger partial charge in [-0.15, -0.1) is 11.3 Å². The van der Waals surface area contributed by atoms with Crippen LogP contribution in [0.3, 0.4) is 0 Å². The van der Waals surface area contributed by atoms with E-state index < -0.39 is 6.04 Å². The van der Waals surface area contributed by atoms with E-state index in [-0.39, 0.29) is 5.91 Å². The Morgan fingerprint density at radius 2 is 2.22 bits per heavy atom. The molecule has 0 radical (unpaired) electrons. The number of aromatic nitrogens is 4. The number of amides is 1. The Morgan fingerprint density at radius 1 is 1.44 bits per heavy atom. The largest absolute Gasteiger partial charge is 0.300 e. The Hall–Kier alpha value is -1.76. The van der Waals surface area contributed by atoms with Crippen LogP contribution in [0.15, 0.2) is 18.0 Å². The third-order valence-corrected chi connectivity index (χ3v) is 3.33. The smallest absolute Gasteiger partial charge is 0.250 e. The van der Waals surface area contributed by atoms with Gasteiger partial charge in [0.25, 0.3) is 5.91 Å². The van der Waals surface area contributed by atoms with Crippen molar-refractivity contribution in [3.63, 3.8) is 0 Å². The number of thiazole rings is 1. The van der Waals surface area contributed by atoms with Crippen molar-refractivity contribution >= 4 is 22.4 Å². The van der Waals surface area contributed by atoms with E-state index in [4.69, 9.17) is 0 Å². The number of carbonyl (C=O) groups is 1. The molecule has 2 rings (SSSR count). The summed E-state index contributed by atoms with van der Waals surface area (Å²) in [6.07, 6.45) is 2.93. The van der Waals surface area contributed by atoms with Gasteiger partial charge in [-0.1, -0.05) is 13.8 Å². The number of nitrogens with zero attached hydrogens (tertiary/aromatic N) is 4. The van der Waals surface area contributed by atoms with Crippen LogP contribution in [0.2, 0.25) is 0 Å². The fourth-order valence-corrected chi connectivity index (χ4v) is 2.23. The summed E-state index contributed by atoms with van der Waals surface area (Å²) in [5, 5.41) is 9.30. The number of anilines is 1. The zero-order valence-corrected chi connectivity index (χ0v) is 11.3. The van der Waals surface area contributed by atoms with Crippen molar-refractivity contribution < 1.29 is 4.79 Å². The first-order valence-electron chi connectivity index (χ1n) is 5.68. The monoisotopic (exact) mass is 265 g/mol. The topological polar surface area (TPSA) is 72.7 Å². The third kappa shape index (κ3) is 2.73. The third-order valence-electron chi connectivity index (χ3n) is 2.56. The standard InChI is InChI=1S/C11H15N5OS/c1-7(2)9-4-18-11(14-9)15-10(17)8(3)16-6-12-5-13-16/h4-8H,1-3H3,(H,14,15,17)/t8-/m0/s1. The molecule has 2 heterocycles. The molecule has 1 N–H and O–H groups in total. The zero-order valence-electron chi connectivity index (χ0n) is 10.5. The van der Waals surface area contributed by atoms with Crippen LogP contribution in [0.1, 0.15) is 38.4 Å². The summed E-state index contributed by atoms with van der Waals surface area (Å²) in [4.78, 5) is 20.1. The van der Waals surface area contributed by atoms with Crippen molar-refractivity contribution in [2.75, 3.05) is 5.32 Å². The molecule has 7 heteroatoms.